The Bertz CT molecular complexity index is 1350. The average Bonchev–Trinajstić information content (AvgIpc) is 3.15. The molecule has 3 unspecified atom stereocenters. The normalized spacial score (nSPS) is 22.1. The largest absolute Gasteiger partial charge is 0.357 e. The van der Waals surface area contributed by atoms with Crippen LogP contribution in [-0.4, -0.2) is 16.7 Å². The van der Waals surface area contributed by atoms with Crippen LogP contribution in [-0.2, 0) is 0 Å². The Morgan fingerprint density at radius 3 is 2.24 bits per heavy atom. The lowest BCUT2D eigenvalue weighted by Gasteiger charge is -2.34. The summed E-state index contributed by atoms with van der Waals surface area (Å²) in [5.41, 5.74) is 2.94. The molecule has 0 N–H and O–H groups in total. The fourth-order valence-corrected chi connectivity index (χ4v) is 5.98. The lowest BCUT2D eigenvalue weighted by molar-refractivity contribution is 0.0874. The summed E-state index contributed by atoms with van der Waals surface area (Å²) in [6, 6.07) is 26.6. The molecule has 4 nitrogen and oxygen atoms in total. The first-order valence-electron chi connectivity index (χ1n) is 10.7. The molecule has 3 aromatic rings. The molecule has 33 heavy (non-hydrogen) atoms. The van der Waals surface area contributed by atoms with E-state index in [4.69, 9.17) is 0 Å². The first kappa shape index (κ1) is 21.4. The van der Waals surface area contributed by atoms with Crippen molar-refractivity contribution in [2.45, 2.75) is 24.9 Å². The Kier molecular flexibility index (Phi) is 5.31. The summed E-state index contributed by atoms with van der Waals surface area (Å²) in [4.78, 5) is 16.0. The molecule has 0 spiro atoms. The van der Waals surface area contributed by atoms with Gasteiger partial charge in [0, 0.05) is 21.3 Å². The maximum atomic E-state index is 14.0. The third kappa shape index (κ3) is 3.19. The molecule has 3 atom stereocenters. The number of rotatable bonds is 3. The Hall–Kier alpha value is -3.42. The van der Waals surface area contributed by atoms with Gasteiger partial charge in [0.1, 0.15) is 6.04 Å². The summed E-state index contributed by atoms with van der Waals surface area (Å²) < 4.78 is 0.939. The first-order chi connectivity index (χ1) is 16.0. The summed E-state index contributed by atoms with van der Waals surface area (Å²) in [6.45, 7) is 1.98. The Morgan fingerprint density at radius 2 is 1.58 bits per heavy atom. The molecular formula is C28H20IN3O. The van der Waals surface area contributed by atoms with E-state index in [0.717, 1.165) is 25.8 Å². The summed E-state index contributed by atoms with van der Waals surface area (Å²) in [6.07, 6.45) is 3.86. The molecule has 0 aromatic heterocycles. The van der Waals surface area contributed by atoms with Crippen molar-refractivity contribution in [1.29, 1.82) is 10.5 Å². The highest BCUT2D eigenvalue weighted by atomic mass is 127. The van der Waals surface area contributed by atoms with Crippen LogP contribution in [0.25, 0.3) is 6.08 Å². The topological polar surface area (TPSA) is 67.9 Å². The van der Waals surface area contributed by atoms with Crippen LogP contribution in [0.15, 0.2) is 79.0 Å². The van der Waals surface area contributed by atoms with Gasteiger partial charge in [-0.2, -0.15) is 10.5 Å². The predicted octanol–water partition coefficient (Wildman–Crippen LogP) is 6.01. The molecule has 3 aromatic carbocycles. The number of nitrogens with zero attached hydrogens (tertiary/aromatic N) is 3. The second-order valence-corrected chi connectivity index (χ2v) is 9.72. The lowest BCUT2D eigenvalue weighted by atomic mass is 9.67. The molecule has 0 amide bonds. The number of nitriles is 2. The number of aryl methyl sites for hydroxylation is 1. The molecule has 1 fully saturated rings. The molecule has 0 saturated carbocycles. The molecular weight excluding hydrogens is 521 g/mol. The van der Waals surface area contributed by atoms with E-state index in [1.807, 2.05) is 96.9 Å². The van der Waals surface area contributed by atoms with Crippen LogP contribution in [0.5, 0.6) is 0 Å². The number of hydrogen-bond acceptors (Lipinski definition) is 4. The number of benzene rings is 3. The minimum Gasteiger partial charge on any atom is -0.357 e. The van der Waals surface area contributed by atoms with Crippen LogP contribution in [0.3, 0.4) is 0 Å². The van der Waals surface area contributed by atoms with Gasteiger partial charge in [-0.25, -0.2) is 0 Å². The van der Waals surface area contributed by atoms with E-state index in [9.17, 15) is 15.3 Å². The fraction of sp³-hybridized carbons (Fsp3) is 0.179. The molecule has 5 rings (SSSR count). The molecule has 5 heteroatoms. The smallest absolute Gasteiger partial charge is 0.185 e. The predicted molar refractivity (Wildman–Crippen MR) is 135 cm³/mol. The Balaban J connectivity index is 1.79. The van der Waals surface area contributed by atoms with Gasteiger partial charge in [-0.05, 0) is 58.3 Å². The van der Waals surface area contributed by atoms with E-state index in [-0.39, 0.29) is 5.78 Å². The van der Waals surface area contributed by atoms with Crippen LogP contribution in [0.1, 0.15) is 44.6 Å². The van der Waals surface area contributed by atoms with Crippen molar-refractivity contribution in [3.8, 4) is 12.1 Å². The van der Waals surface area contributed by atoms with Crippen LogP contribution in [0.4, 0.5) is 0 Å². The molecule has 2 heterocycles. The number of Topliss-reactive ketones (excluding diaryl/α,β-unsaturated/α-hetero) is 1. The van der Waals surface area contributed by atoms with E-state index in [0.29, 0.717) is 5.56 Å². The third-order valence-electron chi connectivity index (χ3n) is 6.79. The van der Waals surface area contributed by atoms with Crippen LogP contribution in [0.2, 0.25) is 0 Å². The second-order valence-electron chi connectivity index (χ2n) is 8.56. The van der Waals surface area contributed by atoms with Crippen LogP contribution < -0.4 is 0 Å². The van der Waals surface area contributed by atoms with E-state index in [1.165, 1.54) is 0 Å². The molecule has 0 radical (unpaired) electrons. The van der Waals surface area contributed by atoms with Gasteiger partial charge in [-0.3, -0.25) is 4.79 Å². The van der Waals surface area contributed by atoms with Gasteiger partial charge in [-0.1, -0.05) is 72.3 Å². The number of ketones is 1. The zero-order chi connectivity index (χ0) is 23.2. The van der Waals surface area contributed by atoms with Gasteiger partial charge in [0.25, 0.3) is 0 Å². The van der Waals surface area contributed by atoms with Gasteiger partial charge < -0.3 is 4.90 Å². The monoisotopic (exact) mass is 541 g/mol. The number of carbonyl (C=O) groups is 1. The zero-order valence-electron chi connectivity index (χ0n) is 17.9. The maximum absolute atomic E-state index is 14.0. The van der Waals surface area contributed by atoms with Gasteiger partial charge in [0.05, 0.1) is 18.2 Å². The number of hydrogen-bond donors (Lipinski definition) is 0. The Morgan fingerprint density at radius 1 is 0.939 bits per heavy atom. The van der Waals surface area contributed by atoms with Gasteiger partial charge in [-0.15, -0.1) is 0 Å². The van der Waals surface area contributed by atoms with E-state index >= 15 is 0 Å². The Labute approximate surface area is 206 Å². The first-order valence-corrected chi connectivity index (χ1v) is 11.8. The highest BCUT2D eigenvalue weighted by Gasteiger charge is 2.64. The van der Waals surface area contributed by atoms with E-state index < -0.39 is 23.4 Å². The van der Waals surface area contributed by atoms with Crippen LogP contribution in [0, 0.1) is 38.6 Å². The average molecular weight is 541 g/mol. The molecule has 0 bridgehead atoms. The SMILES string of the molecule is Cc1ccc(C(=O)C2C(c3ccccc3I)C(C#N)(C#N)C3c4ccccc4C=CN23)cc1. The fourth-order valence-electron chi connectivity index (χ4n) is 5.25. The standard InChI is InChI=1S/C28H20IN3O/c1-18-10-12-20(13-11-18)26(33)25-24(22-8-4-5-9-23(22)29)28(16-30,17-31)27-21-7-3-2-6-19(21)14-15-32(25)27/h2-15,24-25,27H,1H3. The van der Waals surface area contributed by atoms with Crippen molar-refractivity contribution in [1.82, 2.24) is 4.90 Å². The highest BCUT2D eigenvalue weighted by Crippen LogP contribution is 2.60. The number of fused-ring (bicyclic) bond motifs is 3. The molecule has 160 valence electrons. The van der Waals surface area contributed by atoms with E-state index in [1.54, 1.807) is 0 Å². The molecule has 1 saturated heterocycles. The number of carbonyl (C=O) groups excluding carboxylic acids is 1. The highest BCUT2D eigenvalue weighted by molar-refractivity contribution is 14.1. The van der Waals surface area contributed by atoms with Crippen molar-refractivity contribution in [2.75, 3.05) is 0 Å². The minimum absolute atomic E-state index is 0.0824. The summed E-state index contributed by atoms with van der Waals surface area (Å²) in [7, 11) is 0. The quantitative estimate of drug-likeness (QED) is 0.301. The molecule has 2 aliphatic heterocycles. The zero-order valence-corrected chi connectivity index (χ0v) is 20.1. The van der Waals surface area contributed by atoms with Crippen molar-refractivity contribution in [2.24, 2.45) is 5.41 Å². The van der Waals surface area contributed by atoms with Crippen LogP contribution >= 0.6 is 22.6 Å². The van der Waals surface area contributed by atoms with Crippen molar-refractivity contribution >= 4 is 34.5 Å². The second kappa shape index (κ2) is 8.17. The van der Waals surface area contributed by atoms with Crippen molar-refractivity contribution < 1.29 is 4.79 Å². The van der Waals surface area contributed by atoms with Gasteiger partial charge >= 0.3 is 0 Å². The molecule has 0 aliphatic carbocycles. The molecule has 2 aliphatic rings. The van der Waals surface area contributed by atoms with Crippen molar-refractivity contribution in [3.63, 3.8) is 0 Å². The van der Waals surface area contributed by atoms with Crippen molar-refractivity contribution in [3.05, 3.63) is 110 Å². The summed E-state index contributed by atoms with van der Waals surface area (Å²) in [5.74, 6) is -0.698. The van der Waals surface area contributed by atoms with E-state index in [2.05, 4.69) is 34.7 Å². The summed E-state index contributed by atoms with van der Waals surface area (Å²) in [5, 5.41) is 21.1. The van der Waals surface area contributed by atoms with Gasteiger partial charge in [0.15, 0.2) is 11.2 Å². The van der Waals surface area contributed by atoms with Gasteiger partial charge in [0.2, 0.25) is 0 Å². The maximum Gasteiger partial charge on any atom is 0.185 e. The summed E-state index contributed by atoms with van der Waals surface area (Å²) >= 11 is 2.24. The minimum atomic E-state index is -1.44. The lowest BCUT2D eigenvalue weighted by Crippen LogP contribution is -2.38. The number of halogens is 1. The third-order valence-corrected chi connectivity index (χ3v) is 7.77.